The molecule has 2 fully saturated rings. The first-order valence-electron chi connectivity index (χ1n) is 8.82. The summed E-state index contributed by atoms with van der Waals surface area (Å²) >= 11 is 5.79. The molecule has 0 saturated carbocycles. The van der Waals surface area contributed by atoms with E-state index in [4.69, 9.17) is 11.6 Å². The van der Waals surface area contributed by atoms with Gasteiger partial charge in [-0.25, -0.2) is 4.39 Å². The van der Waals surface area contributed by atoms with Crippen molar-refractivity contribution in [1.82, 2.24) is 14.7 Å². The Kier molecular flexibility index (Phi) is 4.26. The lowest BCUT2D eigenvalue weighted by Crippen LogP contribution is -2.54. The maximum atomic E-state index is 13.4. The minimum absolute atomic E-state index is 0.0575. The fraction of sp³-hybridized carbons (Fsp3) is 0.368. The zero-order valence-corrected chi connectivity index (χ0v) is 16.0. The van der Waals surface area contributed by atoms with E-state index in [0.717, 1.165) is 0 Å². The number of likely N-dealkylation sites (tertiary alicyclic amines) is 1. The second-order valence-electron chi connectivity index (χ2n) is 7.15. The average molecular weight is 406 g/mol. The lowest BCUT2D eigenvalue weighted by atomic mass is 9.82. The summed E-state index contributed by atoms with van der Waals surface area (Å²) < 4.78 is 13.4. The third kappa shape index (κ3) is 2.55. The summed E-state index contributed by atoms with van der Waals surface area (Å²) in [6.07, 6.45) is -0.260. The third-order valence-corrected chi connectivity index (χ3v) is 5.90. The Morgan fingerprint density at radius 3 is 2.57 bits per heavy atom. The van der Waals surface area contributed by atoms with Crippen molar-refractivity contribution in [1.29, 1.82) is 0 Å². The number of benzene rings is 1. The van der Waals surface area contributed by atoms with Gasteiger partial charge in [-0.2, -0.15) is 0 Å². The number of hydrogen-bond donors (Lipinski definition) is 0. The monoisotopic (exact) mass is 405 g/mol. The third-order valence-electron chi connectivity index (χ3n) is 5.61. The molecule has 0 radical (unpaired) electrons. The first-order chi connectivity index (χ1) is 13.2. The number of carbonyl (C=O) groups excluding carboxylic acids is 4. The van der Waals surface area contributed by atoms with Crippen LogP contribution in [-0.2, 0) is 25.7 Å². The highest BCUT2D eigenvalue weighted by Crippen LogP contribution is 2.39. The molecular weight excluding hydrogens is 389 g/mol. The Bertz CT molecular complexity index is 976. The largest absolute Gasteiger partial charge is 0.337 e. The van der Waals surface area contributed by atoms with Crippen LogP contribution in [0.4, 0.5) is 4.39 Å². The molecule has 3 aliphatic heterocycles. The van der Waals surface area contributed by atoms with Crippen LogP contribution in [0.15, 0.2) is 29.5 Å². The summed E-state index contributed by atoms with van der Waals surface area (Å²) in [5, 5.41) is -0.0575. The van der Waals surface area contributed by atoms with Gasteiger partial charge in [-0.1, -0.05) is 17.7 Å². The topological polar surface area (TPSA) is 78.0 Å². The van der Waals surface area contributed by atoms with Gasteiger partial charge in [0, 0.05) is 20.1 Å². The van der Waals surface area contributed by atoms with E-state index in [1.165, 1.54) is 32.9 Å². The van der Waals surface area contributed by atoms with E-state index in [-0.39, 0.29) is 29.7 Å². The van der Waals surface area contributed by atoms with Crippen molar-refractivity contribution in [3.05, 3.63) is 45.9 Å². The van der Waals surface area contributed by atoms with Crippen LogP contribution in [0, 0.1) is 11.7 Å². The maximum absolute atomic E-state index is 13.4. The smallest absolute Gasteiger partial charge is 0.297 e. The molecule has 0 spiro atoms. The quantitative estimate of drug-likeness (QED) is 0.549. The van der Waals surface area contributed by atoms with Gasteiger partial charge in [0.05, 0.1) is 5.02 Å². The average Bonchev–Trinajstić information content (AvgIpc) is 2.89. The molecule has 2 unspecified atom stereocenters. The van der Waals surface area contributed by atoms with Gasteiger partial charge in [0.2, 0.25) is 11.7 Å². The van der Waals surface area contributed by atoms with Crippen LogP contribution >= 0.6 is 11.6 Å². The van der Waals surface area contributed by atoms with Crippen LogP contribution in [0.25, 0.3) is 0 Å². The van der Waals surface area contributed by atoms with Gasteiger partial charge in [-0.05, 0) is 36.6 Å². The number of rotatable bonds is 2. The molecular formula is C19H17ClFN3O4. The van der Waals surface area contributed by atoms with Crippen molar-refractivity contribution in [2.45, 2.75) is 26.1 Å². The first kappa shape index (κ1) is 18.6. The zero-order valence-electron chi connectivity index (χ0n) is 15.2. The number of piperidine rings is 1. The summed E-state index contributed by atoms with van der Waals surface area (Å²) in [7, 11) is 1.56. The predicted octanol–water partition coefficient (Wildman–Crippen LogP) is 1.31. The van der Waals surface area contributed by atoms with Gasteiger partial charge in [0.25, 0.3) is 11.8 Å². The SMILES string of the molecule is CC1N(C)C(=O)C2=C3CCN(Cc4ccc(F)c(Cl)c4)C(=O)C3C(=O)C(=O)N21. The van der Waals surface area contributed by atoms with Crippen LogP contribution < -0.4 is 0 Å². The van der Waals surface area contributed by atoms with E-state index in [0.29, 0.717) is 17.6 Å². The molecule has 7 nitrogen and oxygen atoms in total. The Labute approximate surface area is 165 Å². The van der Waals surface area contributed by atoms with E-state index in [9.17, 15) is 23.6 Å². The Morgan fingerprint density at radius 2 is 1.89 bits per heavy atom. The van der Waals surface area contributed by atoms with Crippen LogP contribution in [0.3, 0.4) is 0 Å². The number of hydrogen-bond acceptors (Lipinski definition) is 4. The van der Waals surface area contributed by atoms with Crippen molar-refractivity contribution >= 4 is 35.1 Å². The van der Waals surface area contributed by atoms with E-state index in [1.54, 1.807) is 14.0 Å². The number of ketones is 1. The van der Waals surface area contributed by atoms with Gasteiger partial charge in [0.1, 0.15) is 23.6 Å². The number of likely N-dealkylation sites (N-methyl/N-ethyl adjacent to an activating group) is 1. The van der Waals surface area contributed by atoms with Crippen LogP contribution in [0.1, 0.15) is 18.9 Å². The van der Waals surface area contributed by atoms with Crippen molar-refractivity contribution < 1.29 is 23.6 Å². The number of Topliss-reactive ketones (excluding diaryl/α,β-unsaturated/α-hetero) is 1. The standard InChI is InChI=1S/C19H17ClFN3O4/c1-9-22(2)18(27)15-11-5-6-23(8-10-3-4-13(21)12(20)7-10)17(26)14(11)16(25)19(28)24(9)15/h3-4,7,9,14H,5-6,8H2,1-2H3. The molecule has 3 amide bonds. The number of carbonyl (C=O) groups is 4. The van der Waals surface area contributed by atoms with Crippen molar-refractivity contribution in [2.24, 2.45) is 5.92 Å². The molecule has 1 aromatic carbocycles. The summed E-state index contributed by atoms with van der Waals surface area (Å²) in [5.41, 5.74) is 1.17. The molecule has 2 saturated heterocycles. The highest BCUT2D eigenvalue weighted by molar-refractivity contribution is 6.43. The molecule has 0 bridgehead atoms. The lowest BCUT2D eigenvalue weighted by Gasteiger charge is -2.38. The molecule has 146 valence electrons. The van der Waals surface area contributed by atoms with Crippen LogP contribution in [0.2, 0.25) is 5.02 Å². The molecule has 0 aromatic heterocycles. The fourth-order valence-electron chi connectivity index (χ4n) is 3.99. The van der Waals surface area contributed by atoms with E-state index < -0.39 is 35.5 Å². The fourth-order valence-corrected chi connectivity index (χ4v) is 4.19. The molecule has 9 heteroatoms. The van der Waals surface area contributed by atoms with Gasteiger partial charge >= 0.3 is 0 Å². The molecule has 2 atom stereocenters. The molecule has 3 heterocycles. The summed E-state index contributed by atoms with van der Waals surface area (Å²) in [4.78, 5) is 54.9. The van der Waals surface area contributed by atoms with E-state index in [2.05, 4.69) is 0 Å². The van der Waals surface area contributed by atoms with E-state index >= 15 is 0 Å². The highest BCUT2D eigenvalue weighted by Gasteiger charge is 2.54. The van der Waals surface area contributed by atoms with Gasteiger partial charge in [-0.15, -0.1) is 0 Å². The first-order valence-corrected chi connectivity index (χ1v) is 9.20. The minimum atomic E-state index is -1.27. The summed E-state index contributed by atoms with van der Waals surface area (Å²) in [5.74, 6) is -4.38. The molecule has 4 rings (SSSR count). The Balaban J connectivity index is 1.68. The van der Waals surface area contributed by atoms with Crippen LogP contribution in [0.5, 0.6) is 0 Å². The zero-order chi connectivity index (χ0) is 20.3. The van der Waals surface area contributed by atoms with Gasteiger partial charge < -0.3 is 9.80 Å². The normalized spacial score (nSPS) is 24.9. The van der Waals surface area contributed by atoms with E-state index in [1.807, 2.05) is 0 Å². The van der Waals surface area contributed by atoms with Crippen molar-refractivity contribution in [2.75, 3.05) is 13.6 Å². The Morgan fingerprint density at radius 1 is 1.18 bits per heavy atom. The molecule has 0 N–H and O–H groups in total. The Hall–Kier alpha value is -2.74. The molecule has 0 aliphatic carbocycles. The van der Waals surface area contributed by atoms with Crippen molar-refractivity contribution in [3.8, 4) is 0 Å². The van der Waals surface area contributed by atoms with Crippen molar-refractivity contribution in [3.63, 3.8) is 0 Å². The molecule has 28 heavy (non-hydrogen) atoms. The minimum Gasteiger partial charge on any atom is -0.337 e. The number of amides is 3. The molecule has 1 aromatic rings. The number of halogens is 2. The predicted molar refractivity (Wildman–Crippen MR) is 96.0 cm³/mol. The summed E-state index contributed by atoms with van der Waals surface area (Å²) in [6, 6.07) is 4.14. The number of nitrogens with zero attached hydrogens (tertiary/aromatic N) is 3. The van der Waals surface area contributed by atoms with Crippen LogP contribution in [-0.4, -0.2) is 58.0 Å². The number of fused-ring (bicyclic) bond motifs is 2. The van der Waals surface area contributed by atoms with Gasteiger partial charge in [-0.3, -0.25) is 24.1 Å². The maximum Gasteiger partial charge on any atom is 0.297 e. The second-order valence-corrected chi connectivity index (χ2v) is 7.56. The van der Waals surface area contributed by atoms with Gasteiger partial charge in [0.15, 0.2) is 0 Å². The molecule has 3 aliphatic rings. The second kappa shape index (κ2) is 6.41. The summed E-state index contributed by atoms with van der Waals surface area (Å²) in [6.45, 7) is 2.07. The lowest BCUT2D eigenvalue weighted by molar-refractivity contribution is -0.153. The highest BCUT2D eigenvalue weighted by atomic mass is 35.5.